The van der Waals surface area contributed by atoms with Crippen LogP contribution in [0.3, 0.4) is 0 Å². The fraction of sp³-hybridized carbons (Fsp3) is 0.364. The molecule has 30 heavy (non-hydrogen) atoms. The summed E-state index contributed by atoms with van der Waals surface area (Å²) in [5.74, 6) is 0.637. The van der Waals surface area contributed by atoms with Crippen LogP contribution in [-0.2, 0) is 9.59 Å². The summed E-state index contributed by atoms with van der Waals surface area (Å²) < 4.78 is 11.2. The standard InChI is InChI=1S/C22H26ClN3O4/c1-4-9-24-22(28)20-12-26(17-7-5-6-8-18(17)30-20)13-21(27)25-16-10-14(2)15(23)11-19(16)29-3/h5-8,10-11,20H,4,9,12-13H2,1-3H3,(H,24,28)(H,25,27)/t20-/m1/s1. The van der Waals surface area contributed by atoms with Crippen LogP contribution in [0.4, 0.5) is 11.4 Å². The van der Waals surface area contributed by atoms with E-state index in [-0.39, 0.29) is 24.9 Å². The number of halogens is 1. The molecule has 1 heterocycles. The Labute approximate surface area is 181 Å². The van der Waals surface area contributed by atoms with Gasteiger partial charge in [0.2, 0.25) is 5.91 Å². The molecule has 0 saturated carbocycles. The molecule has 0 spiro atoms. The summed E-state index contributed by atoms with van der Waals surface area (Å²) in [6, 6.07) is 10.8. The number of rotatable bonds is 7. The van der Waals surface area contributed by atoms with Crippen molar-refractivity contribution in [2.24, 2.45) is 0 Å². The second-order valence-electron chi connectivity index (χ2n) is 7.10. The van der Waals surface area contributed by atoms with E-state index in [0.717, 1.165) is 17.7 Å². The van der Waals surface area contributed by atoms with E-state index < -0.39 is 6.10 Å². The van der Waals surface area contributed by atoms with Gasteiger partial charge in [-0.1, -0.05) is 30.7 Å². The van der Waals surface area contributed by atoms with E-state index in [9.17, 15) is 9.59 Å². The first kappa shape index (κ1) is 21.8. The van der Waals surface area contributed by atoms with Crippen molar-refractivity contribution in [3.63, 3.8) is 0 Å². The molecule has 2 N–H and O–H groups in total. The summed E-state index contributed by atoms with van der Waals surface area (Å²) in [7, 11) is 1.52. The molecule has 7 nitrogen and oxygen atoms in total. The molecule has 0 radical (unpaired) electrons. The molecule has 0 aliphatic carbocycles. The minimum absolute atomic E-state index is 0.0583. The molecule has 0 aromatic heterocycles. The molecule has 1 aliphatic heterocycles. The zero-order valence-electron chi connectivity index (χ0n) is 17.3. The summed E-state index contributed by atoms with van der Waals surface area (Å²) in [6.45, 7) is 4.76. The van der Waals surface area contributed by atoms with Crippen molar-refractivity contribution in [2.75, 3.05) is 37.0 Å². The summed E-state index contributed by atoms with van der Waals surface area (Å²) in [5, 5.41) is 6.30. The SMILES string of the molecule is CCCNC(=O)[C@H]1CN(CC(=O)Nc2cc(C)c(Cl)cc2OC)c2ccccc2O1. The number of anilines is 2. The van der Waals surface area contributed by atoms with Gasteiger partial charge in [0.1, 0.15) is 11.5 Å². The number of para-hydroxylation sites is 2. The van der Waals surface area contributed by atoms with Gasteiger partial charge < -0.3 is 25.0 Å². The highest BCUT2D eigenvalue weighted by Gasteiger charge is 2.31. The highest BCUT2D eigenvalue weighted by atomic mass is 35.5. The van der Waals surface area contributed by atoms with Crippen molar-refractivity contribution in [1.82, 2.24) is 5.32 Å². The molecule has 160 valence electrons. The van der Waals surface area contributed by atoms with Crippen LogP contribution in [0, 0.1) is 6.92 Å². The Balaban J connectivity index is 1.76. The molecule has 1 aliphatic rings. The maximum absolute atomic E-state index is 12.8. The third kappa shape index (κ3) is 4.97. The smallest absolute Gasteiger partial charge is 0.262 e. The molecular weight excluding hydrogens is 406 g/mol. The fourth-order valence-electron chi connectivity index (χ4n) is 3.25. The van der Waals surface area contributed by atoms with Crippen LogP contribution in [0.1, 0.15) is 18.9 Å². The molecule has 0 bridgehead atoms. The van der Waals surface area contributed by atoms with Gasteiger partial charge in [0.05, 0.1) is 31.6 Å². The minimum atomic E-state index is -0.688. The van der Waals surface area contributed by atoms with E-state index >= 15 is 0 Å². The van der Waals surface area contributed by atoms with Gasteiger partial charge in [0.15, 0.2) is 6.10 Å². The highest BCUT2D eigenvalue weighted by molar-refractivity contribution is 6.31. The van der Waals surface area contributed by atoms with Crippen LogP contribution < -0.4 is 25.0 Å². The van der Waals surface area contributed by atoms with Crippen molar-refractivity contribution in [2.45, 2.75) is 26.4 Å². The zero-order valence-corrected chi connectivity index (χ0v) is 18.1. The van der Waals surface area contributed by atoms with Crippen LogP contribution in [0.25, 0.3) is 0 Å². The first-order chi connectivity index (χ1) is 14.4. The monoisotopic (exact) mass is 431 g/mol. The lowest BCUT2D eigenvalue weighted by atomic mass is 10.1. The second-order valence-corrected chi connectivity index (χ2v) is 7.50. The van der Waals surface area contributed by atoms with Gasteiger partial charge in [-0.05, 0) is 37.1 Å². The number of ether oxygens (including phenoxy) is 2. The van der Waals surface area contributed by atoms with Crippen LogP contribution in [0.5, 0.6) is 11.5 Å². The summed E-state index contributed by atoms with van der Waals surface area (Å²) in [6.07, 6.45) is 0.148. The maximum Gasteiger partial charge on any atom is 0.262 e. The van der Waals surface area contributed by atoms with Gasteiger partial charge in [-0.25, -0.2) is 0 Å². The Bertz CT molecular complexity index is 935. The number of benzene rings is 2. The number of amides is 2. The number of methoxy groups -OCH3 is 1. The number of fused-ring (bicyclic) bond motifs is 1. The average molecular weight is 432 g/mol. The molecular formula is C22H26ClN3O4. The zero-order chi connectivity index (χ0) is 21.7. The normalized spacial score (nSPS) is 15.1. The van der Waals surface area contributed by atoms with Gasteiger partial charge in [0, 0.05) is 17.6 Å². The van der Waals surface area contributed by atoms with Crippen LogP contribution >= 0.6 is 11.6 Å². The Kier molecular flexibility index (Phi) is 7.05. The molecule has 1 atom stereocenters. The summed E-state index contributed by atoms with van der Waals surface area (Å²) >= 11 is 6.14. The second kappa shape index (κ2) is 9.71. The predicted molar refractivity (Wildman–Crippen MR) is 118 cm³/mol. The van der Waals surface area contributed by atoms with Crippen LogP contribution in [-0.4, -0.2) is 44.7 Å². The van der Waals surface area contributed by atoms with E-state index in [1.54, 1.807) is 18.2 Å². The fourth-order valence-corrected chi connectivity index (χ4v) is 3.40. The van der Waals surface area contributed by atoms with Crippen LogP contribution in [0.2, 0.25) is 5.02 Å². The summed E-state index contributed by atoms with van der Waals surface area (Å²) in [4.78, 5) is 27.1. The predicted octanol–water partition coefficient (Wildman–Crippen LogP) is 3.39. The minimum Gasteiger partial charge on any atom is -0.495 e. The van der Waals surface area contributed by atoms with Gasteiger partial charge in [-0.3, -0.25) is 9.59 Å². The van der Waals surface area contributed by atoms with Gasteiger partial charge in [-0.15, -0.1) is 0 Å². The number of hydrogen-bond donors (Lipinski definition) is 2. The molecule has 3 rings (SSSR count). The quantitative estimate of drug-likeness (QED) is 0.702. The maximum atomic E-state index is 12.8. The number of carbonyl (C=O) groups excluding carboxylic acids is 2. The number of nitrogens with one attached hydrogen (secondary N) is 2. The lowest BCUT2D eigenvalue weighted by Crippen LogP contribution is -2.50. The van der Waals surface area contributed by atoms with E-state index in [4.69, 9.17) is 21.1 Å². The first-order valence-corrected chi connectivity index (χ1v) is 10.2. The third-order valence-corrected chi connectivity index (χ3v) is 5.20. The van der Waals surface area contributed by atoms with Crippen molar-refractivity contribution in [3.05, 3.63) is 47.0 Å². The number of nitrogens with zero attached hydrogens (tertiary/aromatic N) is 1. The van der Waals surface area contributed by atoms with Gasteiger partial charge >= 0.3 is 0 Å². The van der Waals surface area contributed by atoms with Crippen molar-refractivity contribution >= 4 is 34.8 Å². The molecule has 2 amide bonds. The van der Waals surface area contributed by atoms with E-state index in [1.807, 2.05) is 36.9 Å². The Morgan fingerprint density at radius 2 is 2.07 bits per heavy atom. The largest absolute Gasteiger partial charge is 0.495 e. The van der Waals surface area contributed by atoms with Crippen molar-refractivity contribution in [1.29, 1.82) is 0 Å². The first-order valence-electron chi connectivity index (χ1n) is 9.85. The van der Waals surface area contributed by atoms with E-state index in [1.165, 1.54) is 7.11 Å². The van der Waals surface area contributed by atoms with Crippen LogP contribution in [0.15, 0.2) is 36.4 Å². The van der Waals surface area contributed by atoms with E-state index in [0.29, 0.717) is 28.8 Å². The van der Waals surface area contributed by atoms with Crippen molar-refractivity contribution < 1.29 is 19.1 Å². The molecule has 0 unspecified atom stereocenters. The Morgan fingerprint density at radius 1 is 1.30 bits per heavy atom. The third-order valence-electron chi connectivity index (χ3n) is 4.79. The molecule has 0 fully saturated rings. The lowest BCUT2D eigenvalue weighted by molar-refractivity contribution is -0.128. The van der Waals surface area contributed by atoms with Crippen molar-refractivity contribution in [3.8, 4) is 11.5 Å². The van der Waals surface area contributed by atoms with Gasteiger partial charge in [-0.2, -0.15) is 0 Å². The number of aryl methyl sites for hydroxylation is 1. The van der Waals surface area contributed by atoms with E-state index in [2.05, 4.69) is 10.6 Å². The Hall–Kier alpha value is -2.93. The summed E-state index contributed by atoms with van der Waals surface area (Å²) in [5.41, 5.74) is 2.15. The average Bonchev–Trinajstić information content (AvgIpc) is 2.74. The lowest BCUT2D eigenvalue weighted by Gasteiger charge is -2.35. The molecule has 8 heteroatoms. The topological polar surface area (TPSA) is 79.9 Å². The molecule has 0 saturated heterocycles. The highest BCUT2D eigenvalue weighted by Crippen LogP contribution is 2.34. The Morgan fingerprint density at radius 3 is 2.80 bits per heavy atom. The number of carbonyl (C=O) groups is 2. The molecule has 2 aromatic rings. The number of hydrogen-bond acceptors (Lipinski definition) is 5. The van der Waals surface area contributed by atoms with Gasteiger partial charge in [0.25, 0.3) is 5.91 Å². The molecule has 2 aromatic carbocycles.